The summed E-state index contributed by atoms with van der Waals surface area (Å²) in [6.45, 7) is 0. The Hall–Kier alpha value is -1.62. The average Bonchev–Trinajstić information content (AvgIpc) is 2.58. The minimum Gasteiger partial charge on any atom is -0.506 e. The second kappa shape index (κ2) is 9.25. The summed E-state index contributed by atoms with van der Waals surface area (Å²) in [6.07, 6.45) is 2.08. The van der Waals surface area contributed by atoms with Gasteiger partial charge in [0.2, 0.25) is 0 Å². The van der Waals surface area contributed by atoms with Crippen LogP contribution in [0, 0.1) is 0 Å². The normalized spacial score (nSPS) is 12.1. The predicted octanol–water partition coefficient (Wildman–Crippen LogP) is 5.78. The summed E-state index contributed by atoms with van der Waals surface area (Å²) in [5.74, 6) is -3.53. The molecular formula is C18H10Br4O6. The largest absolute Gasteiger partial charge is 0.506 e. The van der Waals surface area contributed by atoms with Crippen molar-refractivity contribution in [2.24, 2.45) is 0 Å². The van der Waals surface area contributed by atoms with Crippen molar-refractivity contribution in [2.75, 3.05) is 0 Å². The minimum absolute atomic E-state index is 0.0884. The van der Waals surface area contributed by atoms with Crippen molar-refractivity contribution in [3.63, 3.8) is 0 Å². The molecule has 6 nitrogen and oxygen atoms in total. The van der Waals surface area contributed by atoms with Crippen molar-refractivity contribution in [2.45, 2.75) is 0 Å². The van der Waals surface area contributed by atoms with Crippen molar-refractivity contribution in [3.8, 4) is 11.5 Å². The van der Waals surface area contributed by atoms with Crippen LogP contribution in [0.4, 0.5) is 0 Å². The Bertz CT molecular complexity index is 959. The highest BCUT2D eigenvalue weighted by Crippen LogP contribution is 2.36. The number of aromatic hydroxyl groups is 2. The van der Waals surface area contributed by atoms with Gasteiger partial charge in [0.15, 0.2) is 0 Å². The summed E-state index contributed by atoms with van der Waals surface area (Å²) in [6, 6.07) is 5.99. The Morgan fingerprint density at radius 1 is 0.679 bits per heavy atom. The molecule has 0 saturated heterocycles. The van der Waals surface area contributed by atoms with Gasteiger partial charge in [0.25, 0.3) is 0 Å². The van der Waals surface area contributed by atoms with Gasteiger partial charge in [-0.3, -0.25) is 0 Å². The van der Waals surface area contributed by atoms with Crippen LogP contribution in [-0.2, 0) is 9.59 Å². The van der Waals surface area contributed by atoms with Crippen LogP contribution in [0.25, 0.3) is 12.2 Å². The highest BCUT2D eigenvalue weighted by molar-refractivity contribution is 9.11. The summed E-state index contributed by atoms with van der Waals surface area (Å²) >= 11 is 12.7. The number of aliphatic carboxylic acids is 2. The molecule has 28 heavy (non-hydrogen) atoms. The Labute approximate surface area is 192 Å². The lowest BCUT2D eigenvalue weighted by atomic mass is 9.99. The van der Waals surface area contributed by atoms with Crippen LogP contribution in [-0.4, -0.2) is 32.4 Å². The summed E-state index contributed by atoms with van der Waals surface area (Å²) in [7, 11) is 0. The van der Waals surface area contributed by atoms with Gasteiger partial charge in [0.1, 0.15) is 11.5 Å². The van der Waals surface area contributed by atoms with Gasteiger partial charge < -0.3 is 20.4 Å². The van der Waals surface area contributed by atoms with Gasteiger partial charge in [0, 0.05) is 20.1 Å². The Balaban J connectivity index is 2.75. The number of phenolic OH excluding ortho intramolecular Hbond substituents is 2. The zero-order valence-electron chi connectivity index (χ0n) is 13.6. The summed E-state index contributed by atoms with van der Waals surface area (Å²) < 4.78 is 1.68. The van der Waals surface area contributed by atoms with E-state index < -0.39 is 23.1 Å². The molecule has 2 aromatic rings. The number of benzene rings is 2. The number of hydrogen-bond donors (Lipinski definition) is 4. The Morgan fingerprint density at radius 2 is 1.00 bits per heavy atom. The van der Waals surface area contributed by atoms with Crippen LogP contribution in [0.3, 0.4) is 0 Å². The molecule has 0 aliphatic heterocycles. The number of phenols is 2. The predicted molar refractivity (Wildman–Crippen MR) is 118 cm³/mol. The van der Waals surface area contributed by atoms with Gasteiger partial charge in [-0.2, -0.15) is 0 Å². The summed E-state index contributed by atoms with van der Waals surface area (Å²) in [5.41, 5.74) is -0.984. The molecule has 0 aliphatic carbocycles. The zero-order chi connectivity index (χ0) is 21.2. The van der Waals surface area contributed by atoms with Crippen molar-refractivity contribution in [1.29, 1.82) is 0 Å². The molecule has 0 aromatic heterocycles. The van der Waals surface area contributed by atoms with Gasteiger partial charge in [-0.1, -0.05) is 31.9 Å². The van der Waals surface area contributed by atoms with Gasteiger partial charge in [-0.25, -0.2) is 9.59 Å². The molecule has 0 spiro atoms. The molecule has 0 bridgehead atoms. The van der Waals surface area contributed by atoms with Crippen molar-refractivity contribution in [3.05, 3.63) is 64.4 Å². The molecule has 0 fully saturated rings. The number of halogens is 4. The fourth-order valence-electron chi connectivity index (χ4n) is 2.21. The fraction of sp³-hybridized carbons (Fsp3) is 0. The van der Waals surface area contributed by atoms with E-state index in [4.69, 9.17) is 0 Å². The number of carboxylic acid groups (broad SMARTS) is 2. The van der Waals surface area contributed by atoms with Crippen LogP contribution in [0.1, 0.15) is 11.1 Å². The maximum absolute atomic E-state index is 11.8. The van der Waals surface area contributed by atoms with Gasteiger partial charge >= 0.3 is 11.9 Å². The van der Waals surface area contributed by atoms with E-state index in [-0.39, 0.29) is 22.6 Å². The molecule has 0 amide bonds. The van der Waals surface area contributed by atoms with Gasteiger partial charge in [0.05, 0.1) is 20.1 Å². The van der Waals surface area contributed by atoms with Crippen molar-refractivity contribution >= 4 is 87.8 Å². The third-order valence-corrected chi connectivity index (χ3v) is 5.59. The third-order valence-electron chi connectivity index (χ3n) is 3.47. The van der Waals surface area contributed by atoms with Crippen LogP contribution < -0.4 is 0 Å². The molecule has 0 unspecified atom stereocenters. The number of rotatable bonds is 5. The Kier molecular flexibility index (Phi) is 7.49. The van der Waals surface area contributed by atoms with Gasteiger partial charge in [-0.05, 0) is 68.3 Å². The van der Waals surface area contributed by atoms with E-state index in [2.05, 4.69) is 63.7 Å². The van der Waals surface area contributed by atoms with E-state index in [1.807, 2.05) is 0 Å². The summed E-state index contributed by atoms with van der Waals surface area (Å²) in [4.78, 5) is 23.6. The van der Waals surface area contributed by atoms with Crippen LogP contribution in [0.2, 0.25) is 0 Å². The maximum Gasteiger partial charge on any atom is 0.336 e. The molecule has 0 atom stereocenters. The van der Waals surface area contributed by atoms with Crippen molar-refractivity contribution < 1.29 is 30.0 Å². The number of hydrogen-bond acceptors (Lipinski definition) is 4. The van der Waals surface area contributed by atoms with E-state index in [0.29, 0.717) is 17.9 Å². The van der Waals surface area contributed by atoms with Crippen LogP contribution >= 0.6 is 63.7 Å². The Morgan fingerprint density at radius 3 is 1.29 bits per heavy atom. The standard InChI is InChI=1S/C18H10Br4O6/c19-9-1-7(15(23)13(21)5-9)3-11(17(25)26)12(18(27)28)4-8-2-10(20)6-14(22)16(8)24/h1-6,23-24H,(H,25,26)(H,27,28). The lowest BCUT2D eigenvalue weighted by Gasteiger charge is -2.09. The van der Waals surface area contributed by atoms with Crippen LogP contribution in [0.5, 0.6) is 11.5 Å². The summed E-state index contributed by atoms with van der Waals surface area (Å²) in [5, 5.41) is 39.5. The van der Waals surface area contributed by atoms with E-state index in [1.54, 1.807) is 12.1 Å². The number of carbonyl (C=O) groups is 2. The number of carboxylic acids is 2. The maximum atomic E-state index is 11.8. The fourth-order valence-corrected chi connectivity index (χ4v) is 4.73. The molecule has 0 radical (unpaired) electrons. The molecule has 0 heterocycles. The quantitative estimate of drug-likeness (QED) is 0.243. The van der Waals surface area contributed by atoms with E-state index in [9.17, 15) is 30.0 Å². The smallest absolute Gasteiger partial charge is 0.336 e. The molecule has 4 N–H and O–H groups in total. The first-order valence-corrected chi connectivity index (χ1v) is 10.4. The molecule has 10 heteroatoms. The lowest BCUT2D eigenvalue weighted by molar-refractivity contribution is -0.136. The second-order valence-electron chi connectivity index (χ2n) is 5.38. The highest BCUT2D eigenvalue weighted by Gasteiger charge is 2.22. The van der Waals surface area contributed by atoms with Crippen LogP contribution in [0.15, 0.2) is 53.3 Å². The molecule has 0 aliphatic rings. The molecule has 2 aromatic carbocycles. The van der Waals surface area contributed by atoms with E-state index in [1.165, 1.54) is 12.1 Å². The lowest BCUT2D eigenvalue weighted by Crippen LogP contribution is -2.11. The molecule has 2 rings (SSSR count). The average molecular weight is 642 g/mol. The molecule has 0 saturated carbocycles. The topological polar surface area (TPSA) is 115 Å². The first-order chi connectivity index (χ1) is 13.0. The zero-order valence-corrected chi connectivity index (χ0v) is 19.9. The van der Waals surface area contributed by atoms with Crippen molar-refractivity contribution in [1.82, 2.24) is 0 Å². The monoisotopic (exact) mass is 638 g/mol. The first kappa shape index (κ1) is 22.7. The second-order valence-corrected chi connectivity index (χ2v) is 8.92. The highest BCUT2D eigenvalue weighted by atomic mass is 79.9. The van der Waals surface area contributed by atoms with Gasteiger partial charge in [-0.15, -0.1) is 0 Å². The SMILES string of the molecule is O=C(O)C(=Cc1cc(Br)cc(Br)c1O)C(=Cc1cc(Br)cc(Br)c1O)C(=O)O. The van der Waals surface area contributed by atoms with E-state index >= 15 is 0 Å². The van der Waals surface area contributed by atoms with E-state index in [0.717, 1.165) is 12.2 Å². The molecule has 146 valence electrons. The first-order valence-electron chi connectivity index (χ1n) is 7.27. The molecular weight excluding hydrogens is 632 g/mol. The third kappa shape index (κ3) is 5.25. The minimum atomic E-state index is -1.52.